The molecule has 284 valence electrons. The van der Waals surface area contributed by atoms with Crippen molar-refractivity contribution in [3.8, 4) is 18.2 Å². The maximum Gasteiger partial charge on any atom is 0.0902 e. The van der Waals surface area contributed by atoms with Crippen molar-refractivity contribution in [2.75, 3.05) is 0 Å². The van der Waals surface area contributed by atoms with Crippen molar-refractivity contribution in [1.82, 2.24) is 0 Å². The third kappa shape index (κ3) is 15.9. The molecule has 0 N–H and O–H groups in total. The zero-order valence-corrected chi connectivity index (χ0v) is 32.3. The van der Waals surface area contributed by atoms with E-state index in [4.69, 9.17) is 16.9 Å². The Bertz CT molecular complexity index is 2150. The summed E-state index contributed by atoms with van der Waals surface area (Å²) in [6.07, 6.45) is 2.72. The third-order valence-corrected chi connectivity index (χ3v) is 9.31. The van der Waals surface area contributed by atoms with Crippen LogP contribution in [0.3, 0.4) is 0 Å². The van der Waals surface area contributed by atoms with Crippen LogP contribution in [0.15, 0.2) is 212 Å². The average molecular weight is 764 g/mol. The van der Waals surface area contributed by atoms with Gasteiger partial charge in [-0.05, 0) is 58.2 Å². The number of hydrogen-bond acceptors (Lipinski definition) is 3. The molecule has 0 aromatic heterocycles. The zero-order valence-electron chi connectivity index (χ0n) is 31.5. The summed E-state index contributed by atoms with van der Waals surface area (Å²) >= 11 is 5.53. The molecule has 0 saturated heterocycles. The van der Waals surface area contributed by atoms with Crippen LogP contribution in [0.5, 0.6) is 0 Å². The van der Waals surface area contributed by atoms with Crippen molar-refractivity contribution in [2.24, 2.45) is 0 Å². The fraction of sp³-hybridized carbons (Fsp3) is 0.151. The van der Waals surface area contributed by atoms with E-state index in [1.165, 1.54) is 22.3 Å². The molecular formula is C53H50ClN3. The van der Waals surface area contributed by atoms with Crippen LogP contribution in [-0.2, 0) is 37.0 Å². The molecule has 0 saturated carbocycles. The Morgan fingerprint density at radius 1 is 0.439 bits per heavy atom. The van der Waals surface area contributed by atoms with E-state index in [0.29, 0.717) is 25.1 Å². The van der Waals surface area contributed by atoms with Gasteiger partial charge in [0.05, 0.1) is 36.0 Å². The highest BCUT2D eigenvalue weighted by Gasteiger charge is 2.33. The molecule has 0 fully saturated rings. The fourth-order valence-corrected chi connectivity index (χ4v) is 6.26. The number of nitrogens with zero attached hydrogens (tertiary/aromatic N) is 3. The van der Waals surface area contributed by atoms with E-state index in [1.54, 1.807) is 0 Å². The summed E-state index contributed by atoms with van der Waals surface area (Å²) < 4.78 is 0. The van der Waals surface area contributed by atoms with Gasteiger partial charge >= 0.3 is 0 Å². The van der Waals surface area contributed by atoms with Gasteiger partial charge in [-0.3, -0.25) is 0 Å². The van der Waals surface area contributed by atoms with Gasteiger partial charge in [0.1, 0.15) is 0 Å². The Morgan fingerprint density at radius 2 is 0.789 bits per heavy atom. The van der Waals surface area contributed by atoms with Crippen LogP contribution in [0.2, 0.25) is 0 Å². The Morgan fingerprint density at radius 3 is 1.14 bits per heavy atom. The fourth-order valence-electron chi connectivity index (χ4n) is 6.08. The summed E-state index contributed by atoms with van der Waals surface area (Å²) in [6.45, 7) is 0. The molecule has 1 atom stereocenters. The second kappa shape index (κ2) is 26.2. The number of alkyl halides is 1. The molecule has 0 radical (unpaired) electrons. The van der Waals surface area contributed by atoms with Gasteiger partial charge in [-0.15, -0.1) is 11.6 Å². The lowest BCUT2D eigenvalue weighted by Gasteiger charge is -2.28. The van der Waals surface area contributed by atoms with Crippen molar-refractivity contribution in [1.29, 1.82) is 15.8 Å². The first-order valence-electron chi connectivity index (χ1n) is 18.6. The number of benzene rings is 7. The minimum atomic E-state index is -0.552. The van der Waals surface area contributed by atoms with Gasteiger partial charge in [0, 0.05) is 5.88 Å². The Balaban J connectivity index is 0.000000221. The summed E-state index contributed by atoms with van der Waals surface area (Å²) in [5, 5.41) is 27.6. The molecule has 7 aromatic rings. The first kappa shape index (κ1) is 44.7. The molecular weight excluding hydrogens is 714 g/mol. The van der Waals surface area contributed by atoms with Crippen LogP contribution in [0.4, 0.5) is 0 Å². The molecule has 7 rings (SSSR count). The Hall–Kier alpha value is -6.70. The predicted molar refractivity (Wildman–Crippen MR) is 237 cm³/mol. The SMILES string of the molecule is C.ClCc1ccccc1.N#CC(Cc1ccccc1)(Cc1ccccc1)c1ccccc1.N#CC(Cc1ccccc1)c1ccccc1.N#CCc1ccccc1. The van der Waals surface area contributed by atoms with Crippen molar-refractivity contribution in [3.05, 3.63) is 251 Å². The molecule has 0 amide bonds. The van der Waals surface area contributed by atoms with Gasteiger partial charge < -0.3 is 0 Å². The maximum absolute atomic E-state index is 10.1. The van der Waals surface area contributed by atoms with Crippen LogP contribution >= 0.6 is 11.6 Å². The number of hydrogen-bond donors (Lipinski definition) is 0. The minimum absolute atomic E-state index is 0. The number of halogens is 1. The molecule has 0 aliphatic rings. The first-order valence-corrected chi connectivity index (χ1v) is 19.2. The maximum atomic E-state index is 10.1. The summed E-state index contributed by atoms with van der Waals surface area (Å²) in [6, 6.07) is 77.5. The molecule has 1 unspecified atom stereocenters. The standard InChI is InChI=1S/C22H19N.C15H13N.C8H7N.C7H7Cl.CH4/c23-18-22(21-14-8-3-9-15-21,16-19-10-4-1-5-11-19)17-20-12-6-2-7-13-20;16-12-15(14-9-5-2-6-10-14)11-13-7-3-1-4-8-13;9-7-6-8-4-2-1-3-5-8;8-6-7-4-2-1-3-5-7;/h1-15H,16-17H2;1-10,15H,11H2;1-5H,6H2;1-5H,6H2;1H4. The van der Waals surface area contributed by atoms with E-state index in [2.05, 4.69) is 66.7 Å². The van der Waals surface area contributed by atoms with Crippen LogP contribution < -0.4 is 0 Å². The summed E-state index contributed by atoms with van der Waals surface area (Å²) in [5.41, 5.74) is 7.46. The van der Waals surface area contributed by atoms with Crippen molar-refractivity contribution >= 4 is 11.6 Å². The smallest absolute Gasteiger partial charge is 0.0902 e. The van der Waals surface area contributed by atoms with Crippen LogP contribution in [0, 0.1) is 34.0 Å². The summed E-state index contributed by atoms with van der Waals surface area (Å²) in [5.74, 6) is 0.560. The number of rotatable bonds is 10. The first-order chi connectivity index (χ1) is 27.6. The molecule has 0 aliphatic heterocycles. The van der Waals surface area contributed by atoms with E-state index >= 15 is 0 Å². The quantitative estimate of drug-likeness (QED) is 0.130. The predicted octanol–water partition coefficient (Wildman–Crippen LogP) is 13.3. The van der Waals surface area contributed by atoms with Crippen molar-refractivity contribution in [2.45, 2.75) is 50.3 Å². The van der Waals surface area contributed by atoms with Gasteiger partial charge in [0.15, 0.2) is 0 Å². The van der Waals surface area contributed by atoms with Gasteiger partial charge in [0.25, 0.3) is 0 Å². The molecule has 0 spiro atoms. The lowest BCUT2D eigenvalue weighted by molar-refractivity contribution is 0.541. The summed E-state index contributed by atoms with van der Waals surface area (Å²) in [4.78, 5) is 0. The largest absolute Gasteiger partial charge is 0.198 e. The van der Waals surface area contributed by atoms with Gasteiger partial charge in [0.2, 0.25) is 0 Å². The highest BCUT2D eigenvalue weighted by atomic mass is 35.5. The van der Waals surface area contributed by atoms with Crippen LogP contribution in [-0.4, -0.2) is 0 Å². The van der Waals surface area contributed by atoms with Gasteiger partial charge in [-0.25, -0.2) is 0 Å². The Labute approximate surface area is 345 Å². The highest BCUT2D eigenvalue weighted by Crippen LogP contribution is 2.32. The molecule has 57 heavy (non-hydrogen) atoms. The topological polar surface area (TPSA) is 71.4 Å². The lowest BCUT2D eigenvalue weighted by atomic mass is 9.72. The average Bonchev–Trinajstić information content (AvgIpc) is 3.28. The molecule has 7 aromatic carbocycles. The third-order valence-electron chi connectivity index (χ3n) is 9.00. The Kier molecular flexibility index (Phi) is 20.5. The van der Waals surface area contributed by atoms with E-state index in [9.17, 15) is 10.5 Å². The lowest BCUT2D eigenvalue weighted by Crippen LogP contribution is -2.30. The van der Waals surface area contributed by atoms with E-state index < -0.39 is 5.41 Å². The minimum Gasteiger partial charge on any atom is -0.198 e. The second-order valence-electron chi connectivity index (χ2n) is 13.1. The van der Waals surface area contributed by atoms with Gasteiger partial charge in [-0.1, -0.05) is 220 Å². The summed E-state index contributed by atoms with van der Waals surface area (Å²) in [7, 11) is 0. The van der Waals surface area contributed by atoms with E-state index in [0.717, 1.165) is 23.1 Å². The zero-order chi connectivity index (χ0) is 39.5. The normalized spacial score (nSPS) is 10.3. The molecule has 4 heteroatoms. The molecule has 3 nitrogen and oxygen atoms in total. The second-order valence-corrected chi connectivity index (χ2v) is 13.4. The highest BCUT2D eigenvalue weighted by molar-refractivity contribution is 6.17. The van der Waals surface area contributed by atoms with Crippen molar-refractivity contribution in [3.63, 3.8) is 0 Å². The number of nitriles is 3. The van der Waals surface area contributed by atoms with Crippen molar-refractivity contribution < 1.29 is 0 Å². The molecule has 0 bridgehead atoms. The molecule has 0 aliphatic carbocycles. The van der Waals surface area contributed by atoms with E-state index in [-0.39, 0.29) is 13.3 Å². The monoisotopic (exact) mass is 763 g/mol. The molecule has 0 heterocycles. The van der Waals surface area contributed by atoms with Crippen LogP contribution in [0.1, 0.15) is 52.3 Å². The van der Waals surface area contributed by atoms with Gasteiger partial charge in [-0.2, -0.15) is 15.8 Å². The van der Waals surface area contributed by atoms with Crippen LogP contribution in [0.25, 0.3) is 0 Å². The van der Waals surface area contributed by atoms with E-state index in [1.807, 2.05) is 164 Å².